The SMILES string of the molecule is Cc1cc(=O)n(Cc2ccc(C(=O)O)cc2F)cn1. The van der Waals surface area contributed by atoms with Crippen LogP contribution in [0.15, 0.2) is 35.4 Å². The lowest BCUT2D eigenvalue weighted by Crippen LogP contribution is -2.21. The van der Waals surface area contributed by atoms with Crippen LogP contribution in [0.1, 0.15) is 21.6 Å². The molecule has 1 heterocycles. The van der Waals surface area contributed by atoms with Crippen molar-refractivity contribution >= 4 is 5.97 Å². The molecule has 1 aromatic heterocycles. The van der Waals surface area contributed by atoms with Crippen molar-refractivity contribution in [2.45, 2.75) is 13.5 Å². The van der Waals surface area contributed by atoms with Crippen LogP contribution in [0.25, 0.3) is 0 Å². The molecular formula is C13H11FN2O3. The zero-order valence-corrected chi connectivity index (χ0v) is 10.1. The number of aromatic carboxylic acids is 1. The molecule has 0 spiro atoms. The molecule has 0 saturated carbocycles. The van der Waals surface area contributed by atoms with Crippen molar-refractivity contribution in [3.63, 3.8) is 0 Å². The lowest BCUT2D eigenvalue weighted by molar-refractivity contribution is 0.0696. The van der Waals surface area contributed by atoms with E-state index >= 15 is 0 Å². The highest BCUT2D eigenvalue weighted by atomic mass is 19.1. The summed E-state index contributed by atoms with van der Waals surface area (Å²) in [5.74, 6) is -1.85. The van der Waals surface area contributed by atoms with Crippen LogP contribution >= 0.6 is 0 Å². The van der Waals surface area contributed by atoms with Gasteiger partial charge in [-0.1, -0.05) is 6.07 Å². The van der Waals surface area contributed by atoms with Crippen LogP contribution < -0.4 is 5.56 Å². The van der Waals surface area contributed by atoms with Gasteiger partial charge >= 0.3 is 5.97 Å². The van der Waals surface area contributed by atoms with E-state index in [9.17, 15) is 14.0 Å². The van der Waals surface area contributed by atoms with Gasteiger partial charge in [0.2, 0.25) is 0 Å². The maximum Gasteiger partial charge on any atom is 0.335 e. The van der Waals surface area contributed by atoms with Crippen LogP contribution in [-0.4, -0.2) is 20.6 Å². The average molecular weight is 262 g/mol. The second-order valence-corrected chi connectivity index (χ2v) is 4.11. The Morgan fingerprint density at radius 2 is 2.16 bits per heavy atom. The number of carbonyl (C=O) groups is 1. The van der Waals surface area contributed by atoms with Crippen molar-refractivity contribution in [2.75, 3.05) is 0 Å². The molecule has 0 aliphatic rings. The van der Waals surface area contributed by atoms with Gasteiger partial charge in [-0.25, -0.2) is 14.2 Å². The van der Waals surface area contributed by atoms with Crippen LogP contribution in [-0.2, 0) is 6.54 Å². The fourth-order valence-corrected chi connectivity index (χ4v) is 1.63. The van der Waals surface area contributed by atoms with E-state index in [1.165, 1.54) is 29.1 Å². The van der Waals surface area contributed by atoms with E-state index in [2.05, 4.69) is 4.98 Å². The van der Waals surface area contributed by atoms with Gasteiger partial charge in [-0.3, -0.25) is 9.36 Å². The zero-order chi connectivity index (χ0) is 14.0. The van der Waals surface area contributed by atoms with E-state index in [-0.39, 0.29) is 23.2 Å². The van der Waals surface area contributed by atoms with E-state index in [1.807, 2.05) is 0 Å². The fraction of sp³-hybridized carbons (Fsp3) is 0.154. The van der Waals surface area contributed by atoms with Crippen LogP contribution in [0.4, 0.5) is 4.39 Å². The monoisotopic (exact) mass is 262 g/mol. The molecule has 2 rings (SSSR count). The van der Waals surface area contributed by atoms with Crippen molar-refractivity contribution in [2.24, 2.45) is 0 Å². The van der Waals surface area contributed by atoms with Crippen LogP contribution in [0.3, 0.4) is 0 Å². The summed E-state index contributed by atoms with van der Waals surface area (Å²) in [6, 6.07) is 4.94. The predicted octanol–water partition coefficient (Wildman–Crippen LogP) is 1.44. The number of carboxylic acids is 1. The molecule has 0 atom stereocenters. The number of hydrogen-bond acceptors (Lipinski definition) is 3. The molecule has 0 saturated heterocycles. The van der Waals surface area contributed by atoms with Gasteiger partial charge in [0.25, 0.3) is 5.56 Å². The summed E-state index contributed by atoms with van der Waals surface area (Å²) in [4.78, 5) is 26.3. The molecule has 0 aliphatic heterocycles. The third-order valence-electron chi connectivity index (χ3n) is 2.66. The van der Waals surface area contributed by atoms with E-state index in [4.69, 9.17) is 5.11 Å². The molecule has 0 bridgehead atoms. The summed E-state index contributed by atoms with van der Waals surface area (Å²) in [7, 11) is 0. The highest BCUT2D eigenvalue weighted by molar-refractivity contribution is 5.87. The standard InChI is InChI=1S/C13H11FN2O3/c1-8-4-12(17)16(7-15-8)6-10-3-2-9(13(18)19)5-11(10)14/h2-5,7H,6H2,1H3,(H,18,19). The predicted molar refractivity (Wildman–Crippen MR) is 65.7 cm³/mol. The van der Waals surface area contributed by atoms with Crippen LogP contribution in [0, 0.1) is 12.7 Å². The molecule has 0 amide bonds. The highest BCUT2D eigenvalue weighted by Gasteiger charge is 2.09. The minimum absolute atomic E-state index is 0.0118. The number of aromatic nitrogens is 2. The molecule has 98 valence electrons. The minimum atomic E-state index is -1.19. The highest BCUT2D eigenvalue weighted by Crippen LogP contribution is 2.11. The Morgan fingerprint density at radius 3 is 2.74 bits per heavy atom. The first kappa shape index (κ1) is 12.9. The lowest BCUT2D eigenvalue weighted by Gasteiger charge is -2.07. The Labute approximate surface area is 108 Å². The first-order chi connectivity index (χ1) is 8.97. The van der Waals surface area contributed by atoms with Gasteiger partial charge in [0.05, 0.1) is 18.4 Å². The Morgan fingerprint density at radius 1 is 1.42 bits per heavy atom. The summed E-state index contributed by atoms with van der Waals surface area (Å²) in [5, 5.41) is 8.73. The van der Waals surface area contributed by atoms with E-state index in [0.29, 0.717) is 5.69 Å². The number of aryl methyl sites for hydroxylation is 1. The molecule has 0 aliphatic carbocycles. The van der Waals surface area contributed by atoms with Crippen LogP contribution in [0.5, 0.6) is 0 Å². The van der Waals surface area contributed by atoms with E-state index in [0.717, 1.165) is 6.07 Å². The largest absolute Gasteiger partial charge is 0.478 e. The zero-order valence-electron chi connectivity index (χ0n) is 10.1. The van der Waals surface area contributed by atoms with Gasteiger partial charge in [-0.05, 0) is 19.1 Å². The summed E-state index contributed by atoms with van der Waals surface area (Å²) in [6.07, 6.45) is 1.34. The molecule has 6 heteroatoms. The molecule has 0 radical (unpaired) electrons. The molecule has 0 unspecified atom stereocenters. The molecule has 5 nitrogen and oxygen atoms in total. The van der Waals surface area contributed by atoms with Crippen molar-refractivity contribution in [3.8, 4) is 0 Å². The molecule has 2 aromatic rings. The Kier molecular flexibility index (Phi) is 3.41. The van der Waals surface area contributed by atoms with Crippen molar-refractivity contribution in [1.82, 2.24) is 9.55 Å². The number of rotatable bonds is 3. The quantitative estimate of drug-likeness (QED) is 0.908. The molecule has 0 fully saturated rings. The maximum atomic E-state index is 13.7. The van der Waals surface area contributed by atoms with Crippen molar-refractivity contribution < 1.29 is 14.3 Å². The van der Waals surface area contributed by atoms with Crippen molar-refractivity contribution in [1.29, 1.82) is 0 Å². The van der Waals surface area contributed by atoms with Gasteiger partial charge in [0.1, 0.15) is 5.82 Å². The lowest BCUT2D eigenvalue weighted by atomic mass is 10.1. The third kappa shape index (κ3) is 2.85. The fourth-order valence-electron chi connectivity index (χ4n) is 1.63. The second kappa shape index (κ2) is 5.01. The molecule has 1 aromatic carbocycles. The summed E-state index contributed by atoms with van der Waals surface area (Å²) < 4.78 is 15.0. The average Bonchev–Trinajstić information content (AvgIpc) is 2.34. The molecule has 1 N–H and O–H groups in total. The minimum Gasteiger partial charge on any atom is -0.478 e. The maximum absolute atomic E-state index is 13.7. The first-order valence-electron chi connectivity index (χ1n) is 5.52. The Balaban J connectivity index is 2.33. The van der Waals surface area contributed by atoms with Gasteiger partial charge < -0.3 is 5.11 Å². The van der Waals surface area contributed by atoms with Gasteiger partial charge in [-0.2, -0.15) is 0 Å². The smallest absolute Gasteiger partial charge is 0.335 e. The van der Waals surface area contributed by atoms with E-state index in [1.54, 1.807) is 6.92 Å². The summed E-state index contributed by atoms with van der Waals surface area (Å²) >= 11 is 0. The first-order valence-corrected chi connectivity index (χ1v) is 5.52. The van der Waals surface area contributed by atoms with Gasteiger partial charge in [0, 0.05) is 17.3 Å². The number of halogens is 1. The number of carboxylic acid groups (broad SMARTS) is 1. The Bertz CT molecular complexity index is 695. The van der Waals surface area contributed by atoms with E-state index < -0.39 is 11.8 Å². The Hall–Kier alpha value is -2.50. The number of benzene rings is 1. The number of hydrogen-bond donors (Lipinski definition) is 1. The summed E-state index contributed by atoms with van der Waals surface area (Å²) in [5.41, 5.74) is 0.408. The molecule has 19 heavy (non-hydrogen) atoms. The van der Waals surface area contributed by atoms with Crippen LogP contribution in [0.2, 0.25) is 0 Å². The van der Waals surface area contributed by atoms with Gasteiger partial charge in [0.15, 0.2) is 0 Å². The molecular weight excluding hydrogens is 251 g/mol. The topological polar surface area (TPSA) is 72.2 Å². The normalized spacial score (nSPS) is 10.4. The third-order valence-corrected chi connectivity index (χ3v) is 2.66. The second-order valence-electron chi connectivity index (χ2n) is 4.11. The summed E-state index contributed by atoms with van der Waals surface area (Å²) in [6.45, 7) is 1.70. The van der Waals surface area contributed by atoms with Crippen molar-refractivity contribution in [3.05, 3.63) is 63.6 Å². The number of nitrogens with zero attached hydrogens (tertiary/aromatic N) is 2. The van der Waals surface area contributed by atoms with Gasteiger partial charge in [-0.15, -0.1) is 0 Å².